The fourth-order valence-electron chi connectivity index (χ4n) is 2.42. The van der Waals surface area contributed by atoms with Crippen molar-refractivity contribution in [3.63, 3.8) is 0 Å². The standard InChI is InChI=1S/C12H18BrNOS/c1-3-14-11(9-7-16-8-10(9)13)12(15-2)5-4-6-12/h7-8,11,14H,3-6H2,1-2H3. The summed E-state index contributed by atoms with van der Waals surface area (Å²) < 4.78 is 6.99. The van der Waals surface area contributed by atoms with Crippen molar-refractivity contribution in [1.29, 1.82) is 0 Å². The number of hydrogen-bond acceptors (Lipinski definition) is 3. The van der Waals surface area contributed by atoms with Gasteiger partial charge in [-0.1, -0.05) is 6.92 Å². The molecule has 1 saturated carbocycles. The van der Waals surface area contributed by atoms with Crippen LogP contribution in [-0.4, -0.2) is 19.3 Å². The number of hydrogen-bond donors (Lipinski definition) is 1. The minimum absolute atomic E-state index is 0.0135. The van der Waals surface area contributed by atoms with Crippen LogP contribution in [0.1, 0.15) is 37.8 Å². The molecule has 1 aliphatic carbocycles. The number of halogens is 1. The summed E-state index contributed by atoms with van der Waals surface area (Å²) in [6.45, 7) is 3.12. The molecule has 0 aliphatic heterocycles. The van der Waals surface area contributed by atoms with Crippen LogP contribution in [0.5, 0.6) is 0 Å². The van der Waals surface area contributed by atoms with Gasteiger partial charge in [-0.15, -0.1) is 0 Å². The van der Waals surface area contributed by atoms with Crippen LogP contribution in [0, 0.1) is 0 Å². The second kappa shape index (κ2) is 5.17. The topological polar surface area (TPSA) is 21.3 Å². The van der Waals surface area contributed by atoms with Crippen molar-refractivity contribution in [2.24, 2.45) is 0 Å². The molecule has 0 radical (unpaired) electrons. The molecule has 1 heterocycles. The third kappa shape index (κ3) is 2.08. The van der Waals surface area contributed by atoms with E-state index in [-0.39, 0.29) is 5.60 Å². The highest BCUT2D eigenvalue weighted by atomic mass is 79.9. The molecule has 90 valence electrons. The maximum absolute atomic E-state index is 5.79. The third-order valence-corrected chi connectivity index (χ3v) is 5.25. The molecule has 16 heavy (non-hydrogen) atoms. The second-order valence-electron chi connectivity index (χ2n) is 4.29. The van der Waals surface area contributed by atoms with Crippen LogP contribution in [0.2, 0.25) is 0 Å². The van der Waals surface area contributed by atoms with E-state index in [1.807, 2.05) is 7.11 Å². The van der Waals surface area contributed by atoms with Gasteiger partial charge >= 0.3 is 0 Å². The monoisotopic (exact) mass is 303 g/mol. The zero-order valence-electron chi connectivity index (χ0n) is 9.75. The summed E-state index contributed by atoms with van der Waals surface area (Å²) in [7, 11) is 1.84. The molecular weight excluding hydrogens is 286 g/mol. The SMILES string of the molecule is CCNC(c1cscc1Br)C1(OC)CCC1. The Morgan fingerprint density at radius 3 is 2.69 bits per heavy atom. The Kier molecular flexibility index (Phi) is 4.06. The van der Waals surface area contributed by atoms with Crippen LogP contribution in [0.4, 0.5) is 0 Å². The molecule has 0 spiro atoms. The predicted octanol–water partition coefficient (Wildman–Crippen LogP) is 3.73. The molecule has 1 aromatic rings. The van der Waals surface area contributed by atoms with Gasteiger partial charge in [0.15, 0.2) is 0 Å². The molecule has 0 saturated heterocycles. The second-order valence-corrected chi connectivity index (χ2v) is 5.89. The van der Waals surface area contributed by atoms with E-state index in [0.29, 0.717) is 6.04 Å². The number of methoxy groups -OCH3 is 1. The van der Waals surface area contributed by atoms with Gasteiger partial charge < -0.3 is 10.1 Å². The van der Waals surface area contributed by atoms with Gasteiger partial charge in [-0.25, -0.2) is 0 Å². The summed E-state index contributed by atoms with van der Waals surface area (Å²) in [6.07, 6.45) is 3.59. The van der Waals surface area contributed by atoms with Crippen molar-refractivity contribution in [2.75, 3.05) is 13.7 Å². The molecule has 1 N–H and O–H groups in total. The fourth-order valence-corrected chi connectivity index (χ4v) is 3.97. The van der Waals surface area contributed by atoms with Crippen LogP contribution in [0.3, 0.4) is 0 Å². The molecule has 1 aromatic heterocycles. The van der Waals surface area contributed by atoms with E-state index in [1.54, 1.807) is 11.3 Å². The van der Waals surface area contributed by atoms with Crippen LogP contribution < -0.4 is 5.32 Å². The van der Waals surface area contributed by atoms with Gasteiger partial charge in [0, 0.05) is 17.0 Å². The summed E-state index contributed by atoms with van der Waals surface area (Å²) in [5, 5.41) is 7.93. The van der Waals surface area contributed by atoms with Gasteiger partial charge in [0.05, 0.1) is 11.6 Å². The molecule has 1 atom stereocenters. The Bertz CT molecular complexity index is 343. The Morgan fingerprint density at radius 2 is 2.31 bits per heavy atom. The van der Waals surface area contributed by atoms with E-state index in [2.05, 4.69) is 38.9 Å². The first kappa shape index (κ1) is 12.6. The Labute approximate surface area is 110 Å². The summed E-state index contributed by atoms with van der Waals surface area (Å²) in [5.74, 6) is 0. The number of rotatable bonds is 5. The average Bonchev–Trinajstić information content (AvgIpc) is 2.62. The summed E-state index contributed by atoms with van der Waals surface area (Å²) in [5.41, 5.74) is 1.35. The lowest BCUT2D eigenvalue weighted by atomic mass is 9.72. The molecule has 0 aromatic carbocycles. The quantitative estimate of drug-likeness (QED) is 0.895. The third-order valence-electron chi connectivity index (χ3n) is 3.49. The number of ether oxygens (including phenoxy) is 1. The molecule has 0 amide bonds. The van der Waals surface area contributed by atoms with Crippen LogP contribution in [0.15, 0.2) is 15.2 Å². The van der Waals surface area contributed by atoms with E-state index in [1.165, 1.54) is 16.5 Å². The highest BCUT2D eigenvalue weighted by Crippen LogP contribution is 2.46. The van der Waals surface area contributed by atoms with Gasteiger partial charge in [-0.2, -0.15) is 11.3 Å². The maximum Gasteiger partial charge on any atom is 0.0873 e. The lowest BCUT2D eigenvalue weighted by Gasteiger charge is -2.46. The predicted molar refractivity (Wildman–Crippen MR) is 72.0 cm³/mol. The first-order chi connectivity index (χ1) is 7.73. The van der Waals surface area contributed by atoms with Gasteiger partial charge in [0.1, 0.15) is 0 Å². The van der Waals surface area contributed by atoms with Crippen molar-refractivity contribution >= 4 is 27.3 Å². The average molecular weight is 304 g/mol. The molecule has 2 rings (SSSR count). The molecule has 2 nitrogen and oxygen atoms in total. The number of nitrogens with one attached hydrogen (secondary N) is 1. The first-order valence-corrected chi connectivity index (χ1v) is 7.47. The minimum Gasteiger partial charge on any atom is -0.376 e. The molecule has 1 aliphatic rings. The maximum atomic E-state index is 5.79. The Morgan fingerprint density at radius 1 is 1.56 bits per heavy atom. The fraction of sp³-hybridized carbons (Fsp3) is 0.667. The first-order valence-electron chi connectivity index (χ1n) is 5.73. The summed E-state index contributed by atoms with van der Waals surface area (Å²) in [6, 6.07) is 0.317. The molecule has 4 heteroatoms. The molecule has 1 unspecified atom stereocenters. The van der Waals surface area contributed by atoms with Gasteiger partial charge in [0.25, 0.3) is 0 Å². The lowest BCUT2D eigenvalue weighted by molar-refractivity contribution is -0.0995. The number of likely N-dealkylation sites (N-methyl/N-ethyl adjacent to an activating group) is 1. The largest absolute Gasteiger partial charge is 0.376 e. The van der Waals surface area contributed by atoms with Crippen molar-refractivity contribution in [3.05, 3.63) is 20.8 Å². The summed E-state index contributed by atoms with van der Waals surface area (Å²) in [4.78, 5) is 0. The number of thiophene rings is 1. The van der Waals surface area contributed by atoms with Crippen LogP contribution in [0.25, 0.3) is 0 Å². The van der Waals surface area contributed by atoms with Crippen molar-refractivity contribution in [2.45, 2.75) is 37.8 Å². The highest BCUT2D eigenvalue weighted by molar-refractivity contribution is 9.10. The van der Waals surface area contributed by atoms with Gasteiger partial charge in [-0.3, -0.25) is 0 Å². The van der Waals surface area contributed by atoms with Crippen molar-refractivity contribution < 1.29 is 4.74 Å². The summed E-state index contributed by atoms with van der Waals surface area (Å²) >= 11 is 5.37. The minimum atomic E-state index is 0.0135. The van der Waals surface area contributed by atoms with E-state index < -0.39 is 0 Å². The lowest BCUT2D eigenvalue weighted by Crippen LogP contribution is -2.50. The Balaban J connectivity index is 2.26. The van der Waals surface area contributed by atoms with Crippen molar-refractivity contribution in [3.8, 4) is 0 Å². The van der Waals surface area contributed by atoms with E-state index in [0.717, 1.165) is 19.4 Å². The van der Waals surface area contributed by atoms with Crippen LogP contribution >= 0.6 is 27.3 Å². The smallest absolute Gasteiger partial charge is 0.0873 e. The van der Waals surface area contributed by atoms with Gasteiger partial charge in [-0.05, 0) is 52.7 Å². The zero-order valence-corrected chi connectivity index (χ0v) is 12.2. The van der Waals surface area contributed by atoms with E-state index >= 15 is 0 Å². The molecular formula is C12H18BrNOS. The van der Waals surface area contributed by atoms with Gasteiger partial charge in [0.2, 0.25) is 0 Å². The zero-order chi connectivity index (χ0) is 11.6. The van der Waals surface area contributed by atoms with Crippen molar-refractivity contribution in [1.82, 2.24) is 5.32 Å². The Hall–Kier alpha value is 0.1000. The van der Waals surface area contributed by atoms with Crippen LogP contribution in [-0.2, 0) is 4.74 Å². The normalized spacial score (nSPS) is 20.4. The van der Waals surface area contributed by atoms with E-state index in [4.69, 9.17) is 4.74 Å². The molecule has 0 bridgehead atoms. The molecule has 1 fully saturated rings. The highest BCUT2D eigenvalue weighted by Gasteiger charge is 2.45. The van der Waals surface area contributed by atoms with E-state index in [9.17, 15) is 0 Å².